The molecule has 6 atom stereocenters. The van der Waals surface area contributed by atoms with Crippen LogP contribution in [0.2, 0.25) is 5.02 Å². The molecule has 3 fully saturated rings. The number of aryl methyl sites for hydroxylation is 2. The Morgan fingerprint density at radius 1 is 1.02 bits per heavy atom. The van der Waals surface area contributed by atoms with E-state index in [0.717, 1.165) is 26.1 Å². The van der Waals surface area contributed by atoms with E-state index in [2.05, 4.69) is 0 Å². The largest absolute Gasteiger partial charge is 0.502 e. The monoisotopic (exact) mass is 742 g/mol. The lowest BCUT2D eigenvalue weighted by atomic mass is 9.51. The number of halogens is 1. The number of benzene rings is 2. The number of hydrogen-bond acceptors (Lipinski definition) is 9. The number of carbonyl (C=O) groups is 4. The number of likely N-dealkylation sites (tertiary alicyclic amines) is 1. The summed E-state index contributed by atoms with van der Waals surface area (Å²) in [5.41, 5.74) is 1.76. The van der Waals surface area contributed by atoms with Crippen molar-refractivity contribution in [2.24, 2.45) is 36.1 Å². The lowest BCUT2D eigenvalue weighted by molar-refractivity contribution is -0.140. The highest BCUT2D eigenvalue weighted by atomic mass is 35.5. The summed E-state index contributed by atoms with van der Waals surface area (Å²) >= 11 is 7.88. The number of imide groups is 2. The molecule has 13 heteroatoms. The number of ether oxygens (including phenoxy) is 2. The third-order valence-corrected chi connectivity index (χ3v) is 13.4. The number of anilines is 1. The number of rotatable bonds is 7. The van der Waals surface area contributed by atoms with Gasteiger partial charge in [-0.25, -0.2) is 4.90 Å². The van der Waals surface area contributed by atoms with E-state index in [9.17, 15) is 19.5 Å². The Hall–Kier alpha value is -4.68. The SMILES string of the molecule is CCCN1C(=O)[C@H]2[C@H](CC=C3[C@H]2C[C@H]2C(=O)N(c4cc(-c5sc6ccc(Cl)cc6c5C)nn4C)C(=O)[C@@]2(C)[C@H]3c2cc(OC)c(O)c(OC)c2)C1=O. The second-order valence-corrected chi connectivity index (χ2v) is 16.0. The molecule has 0 radical (unpaired) electrons. The summed E-state index contributed by atoms with van der Waals surface area (Å²) in [5, 5.41) is 17.3. The zero-order valence-electron chi connectivity index (χ0n) is 29.7. The van der Waals surface area contributed by atoms with Crippen molar-refractivity contribution in [2.75, 3.05) is 25.7 Å². The fourth-order valence-electron chi connectivity index (χ4n) is 9.42. The lowest BCUT2D eigenvalue weighted by Crippen LogP contribution is -2.49. The maximum atomic E-state index is 15.1. The van der Waals surface area contributed by atoms with Gasteiger partial charge in [0.25, 0.3) is 0 Å². The molecule has 4 aromatic rings. The predicted octanol–water partition coefficient (Wildman–Crippen LogP) is 6.63. The summed E-state index contributed by atoms with van der Waals surface area (Å²) in [6.07, 6.45) is 3.22. The highest BCUT2D eigenvalue weighted by molar-refractivity contribution is 7.22. The van der Waals surface area contributed by atoms with Crippen molar-refractivity contribution in [1.82, 2.24) is 14.7 Å². The predicted molar refractivity (Wildman–Crippen MR) is 197 cm³/mol. The number of aromatic nitrogens is 2. The molecule has 0 spiro atoms. The smallest absolute Gasteiger partial charge is 0.242 e. The first-order valence-electron chi connectivity index (χ1n) is 17.5. The van der Waals surface area contributed by atoms with E-state index in [1.165, 1.54) is 24.0 Å². The Balaban J connectivity index is 1.27. The summed E-state index contributed by atoms with van der Waals surface area (Å²) in [6, 6.07) is 10.9. The topological polar surface area (TPSA) is 131 Å². The average molecular weight is 743 g/mol. The number of allylic oxidation sites excluding steroid dienone is 2. The van der Waals surface area contributed by atoms with E-state index in [0.29, 0.717) is 41.5 Å². The van der Waals surface area contributed by atoms with Crippen LogP contribution in [0.4, 0.5) is 5.82 Å². The van der Waals surface area contributed by atoms with Crippen molar-refractivity contribution in [3.05, 3.63) is 64.2 Å². The van der Waals surface area contributed by atoms with Gasteiger partial charge in [-0.3, -0.25) is 28.8 Å². The van der Waals surface area contributed by atoms with Crippen molar-refractivity contribution >= 4 is 62.5 Å². The van der Waals surface area contributed by atoms with Gasteiger partial charge >= 0.3 is 0 Å². The van der Waals surface area contributed by atoms with Crippen LogP contribution in [0.25, 0.3) is 20.7 Å². The minimum absolute atomic E-state index is 0.150. The fraction of sp³-hybridized carbons (Fsp3) is 0.410. The Morgan fingerprint density at radius 3 is 2.40 bits per heavy atom. The van der Waals surface area contributed by atoms with Crippen LogP contribution in [0.15, 0.2) is 48.0 Å². The van der Waals surface area contributed by atoms with Crippen LogP contribution >= 0.6 is 22.9 Å². The van der Waals surface area contributed by atoms with Crippen LogP contribution in [0.1, 0.15) is 50.2 Å². The first-order valence-corrected chi connectivity index (χ1v) is 18.7. The minimum Gasteiger partial charge on any atom is -0.502 e. The lowest BCUT2D eigenvalue weighted by Gasteiger charge is -2.49. The third kappa shape index (κ3) is 4.65. The number of amides is 4. The normalized spacial score (nSPS) is 26.9. The van der Waals surface area contributed by atoms with Gasteiger partial charge < -0.3 is 14.6 Å². The molecule has 2 saturated heterocycles. The molecule has 0 bridgehead atoms. The number of phenols is 1. The zero-order chi connectivity index (χ0) is 37.0. The second-order valence-electron chi connectivity index (χ2n) is 14.5. The molecule has 1 saturated carbocycles. The molecule has 11 nitrogen and oxygen atoms in total. The van der Waals surface area contributed by atoms with Gasteiger partial charge in [-0.15, -0.1) is 11.3 Å². The molecule has 52 heavy (non-hydrogen) atoms. The molecule has 2 aliphatic carbocycles. The van der Waals surface area contributed by atoms with Crippen LogP contribution in [-0.2, 0) is 26.2 Å². The van der Waals surface area contributed by atoms with Crippen LogP contribution in [0.3, 0.4) is 0 Å². The Bertz CT molecular complexity index is 2230. The second kappa shape index (κ2) is 12.2. The molecule has 2 aromatic carbocycles. The number of aromatic hydroxyl groups is 1. The number of phenolic OH excluding ortho intramolecular Hbond substituents is 1. The highest BCUT2D eigenvalue weighted by Gasteiger charge is 2.68. The van der Waals surface area contributed by atoms with Crippen LogP contribution in [0, 0.1) is 36.0 Å². The summed E-state index contributed by atoms with van der Waals surface area (Å²) in [6.45, 7) is 6.09. The summed E-state index contributed by atoms with van der Waals surface area (Å²) in [4.78, 5) is 61.0. The van der Waals surface area contributed by atoms with Crippen molar-refractivity contribution in [3.63, 3.8) is 0 Å². The standard InChI is InChI=1S/C39H39ClN4O7S/c1-7-12-43-35(46)22-10-9-21-24(31(22)37(43)48)16-25-36(47)44(38(49)39(25,3)32(21)19-13-27(50-5)33(45)28(14-19)51-6)30-17-26(41-42(30)4)34-18(2)23-15-20(40)8-11-29(23)52-34/h8-9,11,13-15,17,22,24-25,31-32,45H,7,10,12,16H2,1-6H3/t22-,24+,25-,31-,32-,39+/m0/s1. The van der Waals surface area contributed by atoms with Gasteiger partial charge in [0.1, 0.15) is 11.5 Å². The van der Waals surface area contributed by atoms with E-state index in [1.54, 1.807) is 41.3 Å². The molecule has 4 heterocycles. The van der Waals surface area contributed by atoms with Gasteiger partial charge in [-0.1, -0.05) is 30.2 Å². The van der Waals surface area contributed by atoms with Gasteiger partial charge in [0, 0.05) is 35.3 Å². The molecular formula is C39H39ClN4O7S. The maximum absolute atomic E-state index is 15.1. The molecule has 8 rings (SSSR count). The fourth-order valence-corrected chi connectivity index (χ4v) is 10.7. The maximum Gasteiger partial charge on any atom is 0.242 e. The van der Waals surface area contributed by atoms with E-state index < -0.39 is 40.9 Å². The third-order valence-electron chi connectivity index (χ3n) is 11.9. The average Bonchev–Trinajstić information content (AvgIpc) is 3.79. The van der Waals surface area contributed by atoms with E-state index in [-0.39, 0.29) is 41.4 Å². The minimum atomic E-state index is -1.30. The van der Waals surface area contributed by atoms with Gasteiger partial charge in [0.15, 0.2) is 11.5 Å². The van der Waals surface area contributed by atoms with Crippen molar-refractivity contribution in [1.29, 1.82) is 0 Å². The molecular weight excluding hydrogens is 704 g/mol. The molecule has 1 N–H and O–H groups in total. The summed E-state index contributed by atoms with van der Waals surface area (Å²) in [7, 11) is 4.58. The van der Waals surface area contributed by atoms with Crippen LogP contribution in [0.5, 0.6) is 17.2 Å². The van der Waals surface area contributed by atoms with Crippen LogP contribution in [-0.4, -0.2) is 64.2 Å². The Labute approximate surface area is 309 Å². The molecule has 2 aromatic heterocycles. The molecule has 270 valence electrons. The van der Waals surface area contributed by atoms with E-state index in [1.807, 2.05) is 45.0 Å². The Morgan fingerprint density at radius 2 is 1.73 bits per heavy atom. The molecule has 2 aliphatic heterocycles. The first kappa shape index (κ1) is 34.4. The first-order chi connectivity index (χ1) is 24.8. The number of thiophene rings is 1. The van der Waals surface area contributed by atoms with Gasteiger partial charge in [0.2, 0.25) is 29.4 Å². The zero-order valence-corrected chi connectivity index (χ0v) is 31.3. The molecule has 4 amide bonds. The van der Waals surface area contributed by atoms with Gasteiger partial charge in [-0.05, 0) is 85.9 Å². The number of nitrogens with zero attached hydrogens (tertiary/aromatic N) is 4. The van der Waals surface area contributed by atoms with Gasteiger partial charge in [0.05, 0.1) is 42.3 Å². The summed E-state index contributed by atoms with van der Waals surface area (Å²) in [5.74, 6) is -3.88. The number of hydrogen-bond donors (Lipinski definition) is 1. The van der Waals surface area contributed by atoms with Crippen molar-refractivity contribution < 1.29 is 33.8 Å². The van der Waals surface area contributed by atoms with Crippen molar-refractivity contribution in [2.45, 2.75) is 46.0 Å². The molecule has 4 aliphatic rings. The highest BCUT2D eigenvalue weighted by Crippen LogP contribution is 2.64. The van der Waals surface area contributed by atoms with Crippen molar-refractivity contribution in [3.8, 4) is 27.8 Å². The number of methoxy groups -OCH3 is 2. The number of fused-ring (bicyclic) bond motifs is 5. The number of carbonyl (C=O) groups excluding carboxylic acids is 4. The Kier molecular flexibility index (Phi) is 8.07. The molecule has 0 unspecified atom stereocenters. The van der Waals surface area contributed by atoms with Crippen LogP contribution < -0.4 is 14.4 Å². The van der Waals surface area contributed by atoms with E-state index in [4.69, 9.17) is 26.2 Å². The quantitative estimate of drug-likeness (QED) is 0.165. The summed E-state index contributed by atoms with van der Waals surface area (Å²) < 4.78 is 13.7. The van der Waals surface area contributed by atoms with E-state index >= 15 is 4.79 Å². The van der Waals surface area contributed by atoms with Gasteiger partial charge in [-0.2, -0.15) is 5.10 Å².